The van der Waals surface area contributed by atoms with Crippen molar-refractivity contribution in [2.45, 2.75) is 12.7 Å². The number of alkyl halides is 3. The molecular formula is C19H17ClF3N5O. The van der Waals surface area contributed by atoms with Crippen molar-refractivity contribution in [2.75, 3.05) is 31.1 Å². The summed E-state index contributed by atoms with van der Waals surface area (Å²) in [6, 6.07) is 10.4. The van der Waals surface area contributed by atoms with Crippen LogP contribution in [0.15, 0.2) is 47.0 Å². The van der Waals surface area contributed by atoms with Gasteiger partial charge in [-0.2, -0.15) is 13.2 Å². The summed E-state index contributed by atoms with van der Waals surface area (Å²) < 4.78 is 44.0. The van der Waals surface area contributed by atoms with E-state index in [0.717, 1.165) is 17.8 Å². The molecule has 1 aliphatic heterocycles. The van der Waals surface area contributed by atoms with Crippen LogP contribution >= 0.6 is 11.6 Å². The molecule has 0 saturated carbocycles. The number of aromatic nitrogens is 3. The molecule has 29 heavy (non-hydrogen) atoms. The lowest BCUT2D eigenvalue weighted by Crippen LogP contribution is -2.46. The third kappa shape index (κ3) is 4.51. The van der Waals surface area contributed by atoms with Gasteiger partial charge in [-0.1, -0.05) is 29.8 Å². The Morgan fingerprint density at radius 1 is 1.03 bits per heavy atom. The average Bonchev–Trinajstić information content (AvgIpc) is 3.17. The lowest BCUT2D eigenvalue weighted by atomic mass is 10.2. The highest BCUT2D eigenvalue weighted by molar-refractivity contribution is 6.33. The lowest BCUT2D eigenvalue weighted by Gasteiger charge is -2.35. The number of nitrogens with zero attached hydrogens (tertiary/aromatic N) is 5. The summed E-state index contributed by atoms with van der Waals surface area (Å²) >= 11 is 6.04. The Kier molecular flexibility index (Phi) is 5.42. The minimum Gasteiger partial charge on any atom is -0.419 e. The van der Waals surface area contributed by atoms with E-state index in [9.17, 15) is 13.2 Å². The van der Waals surface area contributed by atoms with Gasteiger partial charge in [0.05, 0.1) is 17.1 Å². The van der Waals surface area contributed by atoms with Gasteiger partial charge in [-0.05, 0) is 18.2 Å². The first-order chi connectivity index (χ1) is 13.9. The van der Waals surface area contributed by atoms with Crippen molar-refractivity contribution in [1.82, 2.24) is 20.1 Å². The highest BCUT2D eigenvalue weighted by Gasteiger charge is 2.32. The summed E-state index contributed by atoms with van der Waals surface area (Å²) in [7, 11) is 0. The van der Waals surface area contributed by atoms with Crippen molar-refractivity contribution in [2.24, 2.45) is 0 Å². The van der Waals surface area contributed by atoms with Crippen LogP contribution < -0.4 is 4.90 Å². The van der Waals surface area contributed by atoms with Gasteiger partial charge in [0.15, 0.2) is 0 Å². The fourth-order valence-electron chi connectivity index (χ4n) is 3.14. The molecule has 0 radical (unpaired) electrons. The molecule has 1 fully saturated rings. The van der Waals surface area contributed by atoms with Gasteiger partial charge < -0.3 is 9.32 Å². The zero-order chi connectivity index (χ0) is 20.4. The van der Waals surface area contributed by atoms with Crippen LogP contribution in [0.4, 0.5) is 19.0 Å². The molecule has 0 amide bonds. The number of hydrogen-bond donors (Lipinski definition) is 0. The van der Waals surface area contributed by atoms with Crippen LogP contribution in [-0.4, -0.2) is 46.3 Å². The highest BCUT2D eigenvalue weighted by atomic mass is 35.5. The Morgan fingerprint density at radius 2 is 1.76 bits per heavy atom. The van der Waals surface area contributed by atoms with Crippen molar-refractivity contribution >= 4 is 17.4 Å². The van der Waals surface area contributed by atoms with Crippen LogP contribution in [0.3, 0.4) is 0 Å². The number of hydrogen-bond acceptors (Lipinski definition) is 6. The molecular weight excluding hydrogens is 407 g/mol. The monoisotopic (exact) mass is 423 g/mol. The smallest absolute Gasteiger partial charge is 0.417 e. The number of anilines is 1. The summed E-state index contributed by atoms with van der Waals surface area (Å²) in [4.78, 5) is 7.94. The zero-order valence-electron chi connectivity index (χ0n) is 15.2. The van der Waals surface area contributed by atoms with Crippen LogP contribution in [0.2, 0.25) is 5.02 Å². The van der Waals surface area contributed by atoms with E-state index in [1.807, 2.05) is 35.2 Å². The third-order valence-corrected chi connectivity index (χ3v) is 4.95. The number of pyridine rings is 1. The average molecular weight is 424 g/mol. The van der Waals surface area contributed by atoms with E-state index in [0.29, 0.717) is 50.3 Å². The molecule has 10 heteroatoms. The van der Waals surface area contributed by atoms with Crippen molar-refractivity contribution in [3.05, 3.63) is 59.1 Å². The number of piperazine rings is 1. The minimum atomic E-state index is -4.46. The predicted molar refractivity (Wildman–Crippen MR) is 101 cm³/mol. The first-order valence-corrected chi connectivity index (χ1v) is 9.36. The molecule has 0 atom stereocenters. The molecule has 0 aliphatic carbocycles. The molecule has 0 N–H and O–H groups in total. The SMILES string of the molecule is FC(F)(F)c1cnc(N2CCN(Cc3nnc(-c4ccccc4)o3)CC2)c(Cl)c1. The highest BCUT2D eigenvalue weighted by Crippen LogP contribution is 2.33. The molecule has 1 saturated heterocycles. The van der Waals surface area contributed by atoms with Crippen LogP contribution in [0.1, 0.15) is 11.5 Å². The summed E-state index contributed by atoms with van der Waals surface area (Å²) in [6.45, 7) is 3.00. The Balaban J connectivity index is 1.36. The molecule has 4 rings (SSSR count). The van der Waals surface area contributed by atoms with Gasteiger partial charge in [-0.15, -0.1) is 10.2 Å². The number of rotatable bonds is 4. The first kappa shape index (κ1) is 19.7. The summed E-state index contributed by atoms with van der Waals surface area (Å²) in [5.74, 6) is 1.35. The van der Waals surface area contributed by atoms with Gasteiger partial charge in [0, 0.05) is 37.9 Å². The van der Waals surface area contributed by atoms with E-state index in [4.69, 9.17) is 16.0 Å². The fraction of sp³-hybridized carbons (Fsp3) is 0.316. The Labute approximate surface area is 169 Å². The van der Waals surface area contributed by atoms with Crippen molar-refractivity contribution in [3.8, 4) is 11.5 Å². The number of benzene rings is 1. The zero-order valence-corrected chi connectivity index (χ0v) is 16.0. The minimum absolute atomic E-state index is 0.00215. The van der Waals surface area contributed by atoms with Crippen LogP contribution in [0, 0.1) is 0 Å². The number of halogens is 4. The molecule has 6 nitrogen and oxygen atoms in total. The molecule has 0 bridgehead atoms. The second-order valence-electron chi connectivity index (χ2n) is 6.66. The van der Waals surface area contributed by atoms with Crippen molar-refractivity contribution in [1.29, 1.82) is 0 Å². The Morgan fingerprint density at radius 3 is 2.41 bits per heavy atom. The van der Waals surface area contributed by atoms with Gasteiger partial charge in [0.25, 0.3) is 0 Å². The van der Waals surface area contributed by atoms with E-state index in [2.05, 4.69) is 20.1 Å². The molecule has 0 unspecified atom stereocenters. The predicted octanol–water partition coefficient (Wildman–Crippen LogP) is 4.13. The maximum Gasteiger partial charge on any atom is 0.417 e. The van der Waals surface area contributed by atoms with Crippen LogP contribution in [0.25, 0.3) is 11.5 Å². The normalized spacial score (nSPS) is 15.7. The molecule has 3 aromatic rings. The van der Waals surface area contributed by atoms with Gasteiger partial charge >= 0.3 is 6.18 Å². The third-order valence-electron chi connectivity index (χ3n) is 4.67. The van der Waals surface area contributed by atoms with Crippen LogP contribution in [0.5, 0.6) is 0 Å². The summed E-state index contributed by atoms with van der Waals surface area (Å²) in [6.07, 6.45) is -3.65. The van der Waals surface area contributed by atoms with E-state index >= 15 is 0 Å². The van der Waals surface area contributed by atoms with Crippen LogP contribution in [-0.2, 0) is 12.7 Å². The van der Waals surface area contributed by atoms with Gasteiger partial charge in [0.1, 0.15) is 5.82 Å². The standard InChI is InChI=1S/C19H17ClF3N5O/c20-15-10-14(19(21,22)23)11-24-17(15)28-8-6-27(7-9-28)12-16-25-26-18(29-16)13-4-2-1-3-5-13/h1-5,10-11H,6-9,12H2. The van der Waals surface area contributed by atoms with Crippen molar-refractivity contribution in [3.63, 3.8) is 0 Å². The first-order valence-electron chi connectivity index (χ1n) is 8.98. The Hall–Kier alpha value is -2.65. The van der Waals surface area contributed by atoms with Gasteiger partial charge in [-0.25, -0.2) is 4.98 Å². The maximum absolute atomic E-state index is 12.8. The van der Waals surface area contributed by atoms with E-state index < -0.39 is 11.7 Å². The second kappa shape index (κ2) is 8.00. The largest absolute Gasteiger partial charge is 0.419 e. The fourth-order valence-corrected chi connectivity index (χ4v) is 3.43. The van der Waals surface area contributed by atoms with Gasteiger partial charge in [-0.3, -0.25) is 4.90 Å². The topological polar surface area (TPSA) is 58.3 Å². The van der Waals surface area contributed by atoms with E-state index in [1.165, 1.54) is 0 Å². The van der Waals surface area contributed by atoms with Gasteiger partial charge in [0.2, 0.25) is 11.8 Å². The summed E-state index contributed by atoms with van der Waals surface area (Å²) in [5.41, 5.74) is 0.00888. The molecule has 0 spiro atoms. The second-order valence-corrected chi connectivity index (χ2v) is 7.06. The van der Waals surface area contributed by atoms with Crippen molar-refractivity contribution < 1.29 is 17.6 Å². The molecule has 1 aromatic carbocycles. The Bertz CT molecular complexity index is 971. The van der Waals surface area contributed by atoms with E-state index in [1.54, 1.807) is 0 Å². The molecule has 152 valence electrons. The molecule has 3 heterocycles. The molecule has 2 aromatic heterocycles. The quantitative estimate of drug-likeness (QED) is 0.629. The molecule has 1 aliphatic rings. The maximum atomic E-state index is 12.8. The lowest BCUT2D eigenvalue weighted by molar-refractivity contribution is -0.137. The summed E-state index contributed by atoms with van der Waals surface area (Å²) in [5, 5.41) is 8.18. The van der Waals surface area contributed by atoms with E-state index in [-0.39, 0.29) is 5.02 Å².